The third kappa shape index (κ3) is 4.92. The highest BCUT2D eigenvalue weighted by molar-refractivity contribution is 14.0. The van der Waals surface area contributed by atoms with Gasteiger partial charge in [-0.3, -0.25) is 4.99 Å². The monoisotopic (exact) mass is 421 g/mol. The van der Waals surface area contributed by atoms with Crippen LogP contribution in [0.15, 0.2) is 11.3 Å². The summed E-state index contributed by atoms with van der Waals surface area (Å²) in [6.45, 7) is 5.34. The van der Waals surface area contributed by atoms with Crippen LogP contribution in [0.3, 0.4) is 0 Å². The van der Waals surface area contributed by atoms with E-state index in [2.05, 4.69) is 30.8 Å². The lowest BCUT2D eigenvalue weighted by Gasteiger charge is -2.10. The zero-order chi connectivity index (χ0) is 14.5. The largest absolute Gasteiger partial charge is 0.351 e. The molecule has 0 aromatic carbocycles. The molecule has 0 aliphatic rings. The molecular weight excluding hydrogens is 401 g/mol. The highest BCUT2D eigenvalue weighted by Crippen LogP contribution is 2.16. The molecule has 0 atom stereocenters. The first-order valence-electron chi connectivity index (χ1n) is 6.30. The summed E-state index contributed by atoms with van der Waals surface area (Å²) in [6, 6.07) is 0. The Morgan fingerprint density at radius 3 is 2.57 bits per heavy atom. The molecule has 2 heterocycles. The van der Waals surface area contributed by atoms with Crippen molar-refractivity contribution in [2.24, 2.45) is 12.0 Å². The molecule has 9 heteroatoms. The SMILES string of the molecule is CN=C(NCc1sc(C)nc1C)NCc1nncn1C.I. The Balaban J connectivity index is 0.00000220. The highest BCUT2D eigenvalue weighted by atomic mass is 127. The summed E-state index contributed by atoms with van der Waals surface area (Å²) in [5.41, 5.74) is 1.07. The third-order valence-corrected chi connectivity index (χ3v) is 3.93. The standard InChI is InChI=1S/C12H19N7S.HI/c1-8-10(20-9(2)17-8)5-14-12(13-3)15-6-11-18-16-7-19(11)4;/h7H,5-6H2,1-4H3,(H2,13,14,15);1H. The molecule has 0 bridgehead atoms. The average molecular weight is 421 g/mol. The van der Waals surface area contributed by atoms with Crippen LogP contribution in [-0.4, -0.2) is 32.8 Å². The maximum absolute atomic E-state index is 4.41. The first-order valence-corrected chi connectivity index (χ1v) is 7.12. The number of rotatable bonds is 4. The van der Waals surface area contributed by atoms with Gasteiger partial charge in [0.15, 0.2) is 11.8 Å². The fraction of sp³-hybridized carbons (Fsp3) is 0.500. The zero-order valence-electron chi connectivity index (χ0n) is 12.5. The molecule has 2 N–H and O–H groups in total. The molecule has 2 rings (SSSR count). The van der Waals surface area contributed by atoms with Crippen LogP contribution in [0.2, 0.25) is 0 Å². The second-order valence-electron chi connectivity index (χ2n) is 4.38. The van der Waals surface area contributed by atoms with Crippen molar-refractivity contribution in [2.75, 3.05) is 7.05 Å². The Hall–Kier alpha value is -1.23. The van der Waals surface area contributed by atoms with E-state index in [0.717, 1.165) is 29.0 Å². The molecule has 0 fully saturated rings. The Bertz CT molecular complexity index is 605. The molecule has 0 aliphatic heterocycles. The topological polar surface area (TPSA) is 80.0 Å². The molecule has 0 radical (unpaired) electrons. The van der Waals surface area contributed by atoms with Crippen molar-refractivity contribution >= 4 is 41.3 Å². The van der Waals surface area contributed by atoms with Gasteiger partial charge in [0.1, 0.15) is 6.33 Å². The number of halogens is 1. The summed E-state index contributed by atoms with van der Waals surface area (Å²) in [5.74, 6) is 1.59. The number of aliphatic imine (C=N–C) groups is 1. The minimum Gasteiger partial charge on any atom is -0.351 e. The van der Waals surface area contributed by atoms with Crippen molar-refractivity contribution in [3.63, 3.8) is 0 Å². The predicted molar refractivity (Wildman–Crippen MR) is 95.0 cm³/mol. The number of guanidine groups is 1. The van der Waals surface area contributed by atoms with Gasteiger partial charge in [-0.25, -0.2) is 4.98 Å². The number of nitrogens with one attached hydrogen (secondary N) is 2. The van der Waals surface area contributed by atoms with Crippen molar-refractivity contribution in [1.29, 1.82) is 0 Å². The molecule has 2 aromatic rings. The van der Waals surface area contributed by atoms with Gasteiger partial charge in [0.05, 0.1) is 23.8 Å². The van der Waals surface area contributed by atoms with Crippen LogP contribution in [-0.2, 0) is 20.1 Å². The van der Waals surface area contributed by atoms with Gasteiger partial charge in [-0.1, -0.05) is 0 Å². The molecule has 0 amide bonds. The molecule has 7 nitrogen and oxygen atoms in total. The number of aryl methyl sites for hydroxylation is 3. The van der Waals surface area contributed by atoms with E-state index < -0.39 is 0 Å². The number of thiazole rings is 1. The maximum Gasteiger partial charge on any atom is 0.191 e. The van der Waals surface area contributed by atoms with Gasteiger partial charge in [-0.05, 0) is 13.8 Å². The number of aromatic nitrogens is 4. The van der Waals surface area contributed by atoms with E-state index in [1.807, 2.05) is 25.5 Å². The first kappa shape index (κ1) is 17.8. The quantitative estimate of drug-likeness (QED) is 0.443. The lowest BCUT2D eigenvalue weighted by molar-refractivity contribution is 0.726. The number of hydrogen-bond acceptors (Lipinski definition) is 5. The van der Waals surface area contributed by atoms with Crippen LogP contribution in [0.5, 0.6) is 0 Å². The smallest absolute Gasteiger partial charge is 0.191 e. The maximum atomic E-state index is 4.41. The normalized spacial score (nSPS) is 11.1. The van der Waals surface area contributed by atoms with E-state index in [1.165, 1.54) is 4.88 Å². The molecule has 21 heavy (non-hydrogen) atoms. The van der Waals surface area contributed by atoms with E-state index >= 15 is 0 Å². The van der Waals surface area contributed by atoms with Crippen molar-refractivity contribution in [1.82, 2.24) is 30.4 Å². The number of hydrogen-bond donors (Lipinski definition) is 2. The van der Waals surface area contributed by atoms with Crippen LogP contribution in [0.25, 0.3) is 0 Å². The Labute approximate surface area is 145 Å². The van der Waals surface area contributed by atoms with Gasteiger partial charge >= 0.3 is 0 Å². The minimum atomic E-state index is 0. The average Bonchev–Trinajstić information content (AvgIpc) is 2.96. The van der Waals surface area contributed by atoms with Gasteiger partial charge in [0, 0.05) is 19.0 Å². The molecule has 0 unspecified atom stereocenters. The lowest BCUT2D eigenvalue weighted by atomic mass is 10.4. The lowest BCUT2D eigenvalue weighted by Crippen LogP contribution is -2.36. The van der Waals surface area contributed by atoms with Crippen LogP contribution >= 0.6 is 35.3 Å². The summed E-state index contributed by atoms with van der Waals surface area (Å²) in [4.78, 5) is 9.83. The van der Waals surface area contributed by atoms with E-state index in [4.69, 9.17) is 0 Å². The van der Waals surface area contributed by atoms with Gasteiger partial charge in [-0.15, -0.1) is 45.5 Å². The van der Waals surface area contributed by atoms with Gasteiger partial charge < -0.3 is 15.2 Å². The van der Waals surface area contributed by atoms with Crippen molar-refractivity contribution in [3.8, 4) is 0 Å². The summed E-state index contributed by atoms with van der Waals surface area (Å²) in [6.07, 6.45) is 1.68. The van der Waals surface area contributed by atoms with Crippen LogP contribution in [0.4, 0.5) is 0 Å². The van der Waals surface area contributed by atoms with Crippen molar-refractivity contribution < 1.29 is 0 Å². The van der Waals surface area contributed by atoms with Crippen LogP contribution < -0.4 is 10.6 Å². The predicted octanol–water partition coefficient (Wildman–Crippen LogP) is 1.37. The van der Waals surface area contributed by atoms with E-state index in [0.29, 0.717) is 6.54 Å². The molecule has 0 aliphatic carbocycles. The summed E-state index contributed by atoms with van der Waals surface area (Å²) in [7, 11) is 3.66. The fourth-order valence-corrected chi connectivity index (χ4v) is 2.63. The van der Waals surface area contributed by atoms with Crippen LogP contribution in [0, 0.1) is 13.8 Å². The van der Waals surface area contributed by atoms with E-state index in [1.54, 1.807) is 24.7 Å². The molecular formula is C12H20IN7S. The molecule has 0 spiro atoms. The Kier molecular flexibility index (Phi) is 7.02. The second-order valence-corrected chi connectivity index (χ2v) is 5.67. The minimum absolute atomic E-state index is 0. The first-order chi connectivity index (χ1) is 9.60. The molecule has 0 saturated heterocycles. The van der Waals surface area contributed by atoms with Crippen molar-refractivity contribution in [3.05, 3.63) is 27.7 Å². The van der Waals surface area contributed by atoms with E-state index in [9.17, 15) is 0 Å². The van der Waals surface area contributed by atoms with E-state index in [-0.39, 0.29) is 24.0 Å². The van der Waals surface area contributed by atoms with Gasteiger partial charge in [0.2, 0.25) is 0 Å². The molecule has 116 valence electrons. The highest BCUT2D eigenvalue weighted by Gasteiger charge is 2.06. The van der Waals surface area contributed by atoms with Crippen LogP contribution in [0.1, 0.15) is 21.4 Å². The molecule has 2 aromatic heterocycles. The summed E-state index contributed by atoms with van der Waals surface area (Å²) >= 11 is 1.70. The van der Waals surface area contributed by atoms with Gasteiger partial charge in [-0.2, -0.15) is 0 Å². The number of nitrogens with zero attached hydrogens (tertiary/aromatic N) is 5. The fourth-order valence-electron chi connectivity index (χ4n) is 1.75. The Morgan fingerprint density at radius 1 is 1.33 bits per heavy atom. The Morgan fingerprint density at radius 2 is 2.05 bits per heavy atom. The second kappa shape index (κ2) is 8.27. The molecule has 0 saturated carbocycles. The van der Waals surface area contributed by atoms with Crippen molar-refractivity contribution in [2.45, 2.75) is 26.9 Å². The zero-order valence-corrected chi connectivity index (χ0v) is 15.7. The third-order valence-electron chi connectivity index (χ3n) is 2.86. The van der Waals surface area contributed by atoms with Gasteiger partial charge in [0.25, 0.3) is 0 Å². The summed E-state index contributed by atoms with van der Waals surface area (Å²) < 4.78 is 1.87. The summed E-state index contributed by atoms with van der Waals surface area (Å²) in [5, 5.41) is 15.4.